The van der Waals surface area contributed by atoms with Crippen LogP contribution in [-0.4, -0.2) is 40.4 Å². The van der Waals surface area contributed by atoms with Gasteiger partial charge >= 0.3 is 6.03 Å². The van der Waals surface area contributed by atoms with Crippen LogP contribution in [0.3, 0.4) is 0 Å². The second kappa shape index (κ2) is 10.2. The summed E-state index contributed by atoms with van der Waals surface area (Å²) in [5, 5.41) is 2.80. The van der Waals surface area contributed by atoms with Crippen LogP contribution in [0.2, 0.25) is 0 Å². The summed E-state index contributed by atoms with van der Waals surface area (Å²) in [6.07, 6.45) is 3.12. The van der Waals surface area contributed by atoms with Crippen molar-refractivity contribution in [3.8, 4) is 5.75 Å². The molecule has 0 aliphatic carbocycles. The number of carbonyl (C=O) groups excluding carboxylic acids is 3. The van der Waals surface area contributed by atoms with Crippen LogP contribution in [0.1, 0.15) is 24.5 Å². The third kappa shape index (κ3) is 5.06. The second-order valence-corrected chi connectivity index (χ2v) is 8.01. The minimum Gasteiger partial charge on any atom is -0.494 e. The fraction of sp³-hybridized carbons (Fsp3) is 0.231. The average molecular weight is 459 g/mol. The number of aromatic nitrogens is 1. The number of imide groups is 1. The van der Waals surface area contributed by atoms with Gasteiger partial charge in [0.2, 0.25) is 5.91 Å². The zero-order chi connectivity index (χ0) is 24.1. The van der Waals surface area contributed by atoms with Crippen molar-refractivity contribution in [2.45, 2.75) is 32.9 Å². The Labute approximate surface area is 198 Å². The summed E-state index contributed by atoms with van der Waals surface area (Å²) in [5.41, 5.74) is 2.85. The number of ether oxygens (including phenoxy) is 1. The number of carbonyl (C=O) groups is 3. The van der Waals surface area contributed by atoms with Crippen LogP contribution in [0.5, 0.6) is 5.75 Å². The van der Waals surface area contributed by atoms with Crippen LogP contribution < -0.4 is 15.0 Å². The first-order valence-electron chi connectivity index (χ1n) is 11.1. The number of hydrogen-bond acceptors (Lipinski definition) is 5. The molecule has 34 heavy (non-hydrogen) atoms. The van der Waals surface area contributed by atoms with Crippen molar-refractivity contribution in [1.29, 1.82) is 0 Å². The summed E-state index contributed by atoms with van der Waals surface area (Å²) in [5.74, 6) is -0.0923. The third-order valence-corrected chi connectivity index (χ3v) is 5.51. The van der Waals surface area contributed by atoms with Gasteiger partial charge < -0.3 is 15.0 Å². The molecular weight excluding hydrogens is 432 g/mol. The van der Waals surface area contributed by atoms with E-state index in [2.05, 4.69) is 10.3 Å². The van der Waals surface area contributed by atoms with Gasteiger partial charge in [0.1, 0.15) is 11.8 Å². The number of nitrogens with zero attached hydrogens (tertiary/aromatic N) is 3. The van der Waals surface area contributed by atoms with E-state index >= 15 is 0 Å². The summed E-state index contributed by atoms with van der Waals surface area (Å²) in [4.78, 5) is 46.2. The number of hydrogen-bond donors (Lipinski definition) is 1. The maximum Gasteiger partial charge on any atom is 0.332 e. The van der Waals surface area contributed by atoms with Gasteiger partial charge in [-0.2, -0.15) is 0 Å². The minimum absolute atomic E-state index is 0.166. The zero-order valence-corrected chi connectivity index (χ0v) is 19.1. The Morgan fingerprint density at radius 2 is 1.79 bits per heavy atom. The van der Waals surface area contributed by atoms with E-state index in [1.54, 1.807) is 54.9 Å². The van der Waals surface area contributed by atoms with Gasteiger partial charge in [0.05, 0.1) is 18.7 Å². The predicted molar refractivity (Wildman–Crippen MR) is 128 cm³/mol. The molecule has 1 aromatic heterocycles. The lowest BCUT2D eigenvalue weighted by Crippen LogP contribution is -2.37. The first-order valence-corrected chi connectivity index (χ1v) is 11.1. The molecule has 1 fully saturated rings. The largest absolute Gasteiger partial charge is 0.494 e. The van der Waals surface area contributed by atoms with Crippen molar-refractivity contribution in [2.75, 3.05) is 16.8 Å². The Bertz CT molecular complexity index is 1160. The van der Waals surface area contributed by atoms with E-state index in [1.165, 1.54) is 4.90 Å². The molecule has 4 rings (SSSR count). The third-order valence-electron chi connectivity index (χ3n) is 5.51. The van der Waals surface area contributed by atoms with Crippen molar-refractivity contribution >= 4 is 29.2 Å². The number of amides is 4. The van der Waals surface area contributed by atoms with E-state index in [9.17, 15) is 14.4 Å². The van der Waals surface area contributed by atoms with Gasteiger partial charge in [-0.25, -0.2) is 9.69 Å². The number of aryl methyl sites for hydroxylation is 1. The Morgan fingerprint density at radius 3 is 2.44 bits per heavy atom. The molecule has 1 saturated heterocycles. The van der Waals surface area contributed by atoms with E-state index in [0.717, 1.165) is 16.0 Å². The Balaban J connectivity index is 1.55. The van der Waals surface area contributed by atoms with Crippen molar-refractivity contribution in [2.24, 2.45) is 0 Å². The Morgan fingerprint density at radius 1 is 1.06 bits per heavy atom. The summed E-state index contributed by atoms with van der Waals surface area (Å²) >= 11 is 0. The molecule has 8 nitrogen and oxygen atoms in total. The zero-order valence-electron chi connectivity index (χ0n) is 19.1. The molecule has 0 radical (unpaired) electrons. The maximum atomic E-state index is 13.4. The van der Waals surface area contributed by atoms with Crippen molar-refractivity contribution in [1.82, 2.24) is 9.88 Å². The Hall–Kier alpha value is -4.20. The first kappa shape index (κ1) is 23.0. The number of anilines is 2. The van der Waals surface area contributed by atoms with Gasteiger partial charge in [0.15, 0.2) is 0 Å². The van der Waals surface area contributed by atoms with Gasteiger partial charge in [0.25, 0.3) is 5.91 Å². The average Bonchev–Trinajstić information content (AvgIpc) is 3.06. The van der Waals surface area contributed by atoms with Crippen LogP contribution >= 0.6 is 0 Å². The van der Waals surface area contributed by atoms with Crippen molar-refractivity contribution in [3.63, 3.8) is 0 Å². The van der Waals surface area contributed by atoms with Gasteiger partial charge in [-0.1, -0.05) is 23.8 Å². The van der Waals surface area contributed by atoms with E-state index in [1.807, 2.05) is 32.0 Å². The topological polar surface area (TPSA) is 91.8 Å². The van der Waals surface area contributed by atoms with Crippen LogP contribution in [0.25, 0.3) is 0 Å². The molecular formula is C26H26N4O4. The quantitative estimate of drug-likeness (QED) is 0.512. The fourth-order valence-corrected chi connectivity index (χ4v) is 3.82. The number of benzene rings is 2. The second-order valence-electron chi connectivity index (χ2n) is 8.01. The number of urea groups is 1. The highest BCUT2D eigenvalue weighted by atomic mass is 16.5. The van der Waals surface area contributed by atoms with Crippen molar-refractivity contribution < 1.29 is 19.1 Å². The molecule has 1 atom stereocenters. The highest BCUT2D eigenvalue weighted by Gasteiger charge is 2.46. The minimum atomic E-state index is -0.934. The van der Waals surface area contributed by atoms with Crippen molar-refractivity contribution in [3.05, 3.63) is 84.2 Å². The molecule has 1 N–H and O–H groups in total. The van der Waals surface area contributed by atoms with Gasteiger partial charge in [-0.15, -0.1) is 0 Å². The number of nitrogens with one attached hydrogen (secondary N) is 1. The summed E-state index contributed by atoms with van der Waals surface area (Å²) in [6, 6.07) is 16.3. The Kier molecular flexibility index (Phi) is 6.87. The molecule has 1 aliphatic rings. The highest BCUT2D eigenvalue weighted by molar-refractivity contribution is 6.22. The maximum absolute atomic E-state index is 13.4. The lowest BCUT2D eigenvalue weighted by molar-refractivity contribution is -0.124. The lowest BCUT2D eigenvalue weighted by Gasteiger charge is -2.21. The van der Waals surface area contributed by atoms with E-state index in [-0.39, 0.29) is 18.9 Å². The van der Waals surface area contributed by atoms with E-state index in [0.29, 0.717) is 23.7 Å². The first-order chi connectivity index (χ1) is 16.5. The van der Waals surface area contributed by atoms with Crippen LogP contribution in [0.15, 0.2) is 73.1 Å². The van der Waals surface area contributed by atoms with Crippen LogP contribution in [0.4, 0.5) is 16.2 Å². The number of rotatable bonds is 8. The molecule has 0 saturated carbocycles. The summed E-state index contributed by atoms with van der Waals surface area (Å²) < 4.78 is 5.42. The molecule has 0 spiro atoms. The molecule has 0 bridgehead atoms. The SMILES string of the molecule is CCOc1ccc(NC(=O)CC2C(=O)N(c3ccc(C)cc3)C(=O)N2Cc2cccnc2)cc1. The standard InChI is InChI=1S/C26H26N4O4/c1-3-34-22-12-8-20(9-13-22)28-24(31)15-23-25(32)30(21-10-6-18(2)7-11-21)26(33)29(23)17-19-5-4-14-27-16-19/h4-14,16,23H,3,15,17H2,1-2H3,(H,28,31). The smallest absolute Gasteiger partial charge is 0.332 e. The van der Waals surface area contributed by atoms with E-state index in [4.69, 9.17) is 4.74 Å². The molecule has 4 amide bonds. The monoisotopic (exact) mass is 458 g/mol. The van der Waals surface area contributed by atoms with Gasteiger partial charge in [0, 0.05) is 24.6 Å². The molecule has 174 valence electrons. The predicted octanol–water partition coefficient (Wildman–Crippen LogP) is 4.15. The highest BCUT2D eigenvalue weighted by Crippen LogP contribution is 2.29. The number of pyridine rings is 1. The molecule has 3 aromatic rings. The fourth-order valence-electron chi connectivity index (χ4n) is 3.82. The molecule has 2 aromatic carbocycles. The van der Waals surface area contributed by atoms with Crippen LogP contribution in [-0.2, 0) is 16.1 Å². The molecule has 1 unspecified atom stereocenters. The van der Waals surface area contributed by atoms with Gasteiger partial charge in [-0.05, 0) is 61.9 Å². The molecule has 2 heterocycles. The lowest BCUT2D eigenvalue weighted by atomic mass is 10.1. The normalized spacial score (nSPS) is 15.5. The summed E-state index contributed by atoms with van der Waals surface area (Å²) in [7, 11) is 0. The summed E-state index contributed by atoms with van der Waals surface area (Å²) in [6.45, 7) is 4.54. The van der Waals surface area contributed by atoms with Gasteiger partial charge in [-0.3, -0.25) is 14.6 Å². The van der Waals surface area contributed by atoms with Crippen LogP contribution in [0, 0.1) is 6.92 Å². The molecule has 8 heteroatoms. The molecule has 1 aliphatic heterocycles. The van der Waals surface area contributed by atoms with E-state index < -0.39 is 18.0 Å².